The quantitative estimate of drug-likeness (QED) is 0.893. The molecule has 0 aromatic heterocycles. The summed E-state index contributed by atoms with van der Waals surface area (Å²) in [5.74, 6) is 0.334. The summed E-state index contributed by atoms with van der Waals surface area (Å²) in [4.78, 5) is 0.135. The maximum absolute atomic E-state index is 12.6. The number of rotatable bonds is 5. The van der Waals surface area contributed by atoms with Gasteiger partial charge in [-0.2, -0.15) is 0 Å². The number of benzene rings is 1. The van der Waals surface area contributed by atoms with E-state index >= 15 is 0 Å². The summed E-state index contributed by atoms with van der Waals surface area (Å²) in [5.41, 5.74) is 6.34. The number of hydrogen-bond donors (Lipinski definition) is 1. The first kappa shape index (κ1) is 16.7. The lowest BCUT2D eigenvalue weighted by molar-refractivity contribution is 0.0620. The van der Waals surface area contributed by atoms with Gasteiger partial charge in [0.05, 0.1) is 5.02 Å². The van der Waals surface area contributed by atoms with Crippen LogP contribution in [0.2, 0.25) is 5.02 Å². The van der Waals surface area contributed by atoms with Gasteiger partial charge in [-0.3, -0.25) is 0 Å². The third-order valence-electron chi connectivity index (χ3n) is 3.78. The standard InChI is InChI=1S/C14H21ClN2O3S/c1-17(10-11-4-6-20-7-5-11)21(18,19)14-3-2-12(9-16)8-13(14)15/h2-3,8,11H,4-7,9-10,16H2,1H3. The molecule has 1 aliphatic rings. The summed E-state index contributed by atoms with van der Waals surface area (Å²) in [7, 11) is -1.98. The topological polar surface area (TPSA) is 72.6 Å². The second-order valence-corrected chi connectivity index (χ2v) is 7.73. The van der Waals surface area contributed by atoms with Crippen LogP contribution in [0.3, 0.4) is 0 Å². The number of ether oxygens (including phenoxy) is 1. The molecule has 1 saturated heterocycles. The highest BCUT2D eigenvalue weighted by Crippen LogP contribution is 2.26. The van der Waals surface area contributed by atoms with Gasteiger partial charge in [-0.05, 0) is 36.5 Å². The maximum atomic E-state index is 12.6. The fraction of sp³-hybridized carbons (Fsp3) is 0.571. The highest BCUT2D eigenvalue weighted by atomic mass is 35.5. The highest BCUT2D eigenvalue weighted by molar-refractivity contribution is 7.89. The van der Waals surface area contributed by atoms with E-state index < -0.39 is 10.0 Å². The predicted octanol–water partition coefficient (Wildman–Crippen LogP) is 1.85. The summed E-state index contributed by atoms with van der Waals surface area (Å²) >= 11 is 6.10. The highest BCUT2D eigenvalue weighted by Gasteiger charge is 2.26. The summed E-state index contributed by atoms with van der Waals surface area (Å²) < 4.78 is 31.9. The molecule has 2 rings (SSSR count). The van der Waals surface area contributed by atoms with Crippen molar-refractivity contribution in [2.45, 2.75) is 24.3 Å². The van der Waals surface area contributed by atoms with E-state index in [0.29, 0.717) is 32.2 Å². The van der Waals surface area contributed by atoms with Gasteiger partial charge in [0.1, 0.15) is 4.90 Å². The zero-order chi connectivity index (χ0) is 15.5. The lowest BCUT2D eigenvalue weighted by Gasteiger charge is -2.27. The first-order valence-corrected chi connectivity index (χ1v) is 8.79. The van der Waals surface area contributed by atoms with Gasteiger partial charge in [-0.1, -0.05) is 17.7 Å². The van der Waals surface area contributed by atoms with Gasteiger partial charge in [-0.15, -0.1) is 0 Å². The molecule has 0 amide bonds. The van der Waals surface area contributed by atoms with Crippen molar-refractivity contribution in [3.05, 3.63) is 28.8 Å². The van der Waals surface area contributed by atoms with Crippen LogP contribution in [-0.2, 0) is 21.3 Å². The molecule has 1 heterocycles. The Morgan fingerprint density at radius 1 is 1.38 bits per heavy atom. The second-order valence-electron chi connectivity index (χ2n) is 5.31. The number of hydrogen-bond acceptors (Lipinski definition) is 4. The van der Waals surface area contributed by atoms with Crippen LogP contribution in [0, 0.1) is 5.92 Å². The van der Waals surface area contributed by atoms with Crippen molar-refractivity contribution in [1.82, 2.24) is 4.31 Å². The van der Waals surface area contributed by atoms with Crippen molar-refractivity contribution in [3.8, 4) is 0 Å². The van der Waals surface area contributed by atoms with Crippen LogP contribution in [0.1, 0.15) is 18.4 Å². The fourth-order valence-corrected chi connectivity index (χ4v) is 4.22. The Labute approximate surface area is 131 Å². The van der Waals surface area contributed by atoms with Crippen molar-refractivity contribution in [1.29, 1.82) is 0 Å². The molecule has 1 aromatic carbocycles. The van der Waals surface area contributed by atoms with Crippen LogP contribution in [0.15, 0.2) is 23.1 Å². The summed E-state index contributed by atoms with van der Waals surface area (Å²) in [5, 5.41) is 0.219. The average molecular weight is 333 g/mol. The molecule has 21 heavy (non-hydrogen) atoms. The van der Waals surface area contributed by atoms with Crippen molar-refractivity contribution in [3.63, 3.8) is 0 Å². The van der Waals surface area contributed by atoms with Crippen LogP contribution < -0.4 is 5.73 Å². The van der Waals surface area contributed by atoms with Crippen molar-refractivity contribution in [2.75, 3.05) is 26.8 Å². The van der Waals surface area contributed by atoms with Crippen LogP contribution in [0.4, 0.5) is 0 Å². The Kier molecular flexibility index (Phi) is 5.62. The first-order valence-electron chi connectivity index (χ1n) is 6.97. The van der Waals surface area contributed by atoms with Gasteiger partial charge in [0.15, 0.2) is 0 Å². The van der Waals surface area contributed by atoms with Gasteiger partial charge < -0.3 is 10.5 Å². The van der Waals surface area contributed by atoms with E-state index in [2.05, 4.69) is 0 Å². The number of nitrogens with two attached hydrogens (primary N) is 1. The Hall–Kier alpha value is -0.660. The minimum Gasteiger partial charge on any atom is -0.381 e. The van der Waals surface area contributed by atoms with E-state index in [0.717, 1.165) is 18.4 Å². The number of nitrogens with zero attached hydrogens (tertiary/aromatic N) is 1. The Morgan fingerprint density at radius 3 is 2.62 bits per heavy atom. The predicted molar refractivity (Wildman–Crippen MR) is 82.7 cm³/mol. The fourth-order valence-electron chi connectivity index (χ4n) is 2.44. The van der Waals surface area contributed by atoms with E-state index in [1.807, 2.05) is 0 Å². The van der Waals surface area contributed by atoms with E-state index in [1.54, 1.807) is 19.2 Å². The SMILES string of the molecule is CN(CC1CCOCC1)S(=O)(=O)c1ccc(CN)cc1Cl. The number of sulfonamides is 1. The summed E-state index contributed by atoms with van der Waals surface area (Å²) in [6.45, 7) is 2.22. The molecule has 5 nitrogen and oxygen atoms in total. The Balaban J connectivity index is 2.16. The lowest BCUT2D eigenvalue weighted by Crippen LogP contribution is -2.34. The zero-order valence-corrected chi connectivity index (χ0v) is 13.7. The normalized spacial score (nSPS) is 17.3. The van der Waals surface area contributed by atoms with Gasteiger partial charge in [0.25, 0.3) is 0 Å². The smallest absolute Gasteiger partial charge is 0.244 e. The van der Waals surface area contributed by atoms with E-state index in [1.165, 1.54) is 10.4 Å². The molecule has 1 fully saturated rings. The molecule has 0 saturated carbocycles. The molecule has 2 N–H and O–H groups in total. The first-order chi connectivity index (χ1) is 9.95. The van der Waals surface area contributed by atoms with Gasteiger partial charge in [0.2, 0.25) is 10.0 Å². The van der Waals surface area contributed by atoms with E-state index in [9.17, 15) is 8.42 Å². The van der Waals surface area contributed by atoms with Gasteiger partial charge in [-0.25, -0.2) is 12.7 Å². The minimum atomic E-state index is -3.57. The van der Waals surface area contributed by atoms with E-state index in [4.69, 9.17) is 22.1 Å². The molecule has 0 spiro atoms. The molecule has 0 unspecified atom stereocenters. The maximum Gasteiger partial charge on any atom is 0.244 e. The van der Waals surface area contributed by atoms with Crippen LogP contribution >= 0.6 is 11.6 Å². The van der Waals surface area contributed by atoms with E-state index in [-0.39, 0.29) is 9.92 Å². The van der Waals surface area contributed by atoms with Gasteiger partial charge in [0, 0.05) is 33.4 Å². The molecule has 0 aliphatic carbocycles. The van der Waals surface area contributed by atoms with Gasteiger partial charge >= 0.3 is 0 Å². The average Bonchev–Trinajstić information content (AvgIpc) is 2.47. The Morgan fingerprint density at radius 2 is 2.05 bits per heavy atom. The van der Waals surface area contributed by atoms with Crippen LogP contribution in [0.25, 0.3) is 0 Å². The molecule has 0 bridgehead atoms. The summed E-state index contributed by atoms with van der Waals surface area (Å²) in [6.07, 6.45) is 1.78. The molecule has 0 radical (unpaired) electrons. The summed E-state index contributed by atoms with van der Waals surface area (Å²) in [6, 6.07) is 4.83. The Bertz CT molecular complexity index is 586. The third-order valence-corrected chi connectivity index (χ3v) is 6.08. The molecule has 118 valence electrons. The van der Waals surface area contributed by atoms with Crippen LogP contribution in [0.5, 0.6) is 0 Å². The molecule has 7 heteroatoms. The molecule has 1 aliphatic heterocycles. The lowest BCUT2D eigenvalue weighted by atomic mass is 10.0. The zero-order valence-electron chi connectivity index (χ0n) is 12.1. The molecule has 0 atom stereocenters. The number of halogens is 1. The minimum absolute atomic E-state index is 0.135. The van der Waals surface area contributed by atoms with Crippen molar-refractivity contribution >= 4 is 21.6 Å². The molecule has 1 aromatic rings. The second kappa shape index (κ2) is 7.07. The third kappa shape index (κ3) is 3.96. The largest absolute Gasteiger partial charge is 0.381 e. The van der Waals surface area contributed by atoms with Crippen LogP contribution in [-0.4, -0.2) is 39.5 Å². The van der Waals surface area contributed by atoms with Crippen molar-refractivity contribution < 1.29 is 13.2 Å². The molecular weight excluding hydrogens is 312 g/mol. The monoisotopic (exact) mass is 332 g/mol. The molecular formula is C14H21ClN2O3S. The van der Waals surface area contributed by atoms with Crippen molar-refractivity contribution in [2.24, 2.45) is 11.7 Å².